The van der Waals surface area contributed by atoms with E-state index in [0.717, 1.165) is 15.5 Å². The lowest BCUT2D eigenvalue weighted by Gasteiger charge is -2.43. The highest BCUT2D eigenvalue weighted by Gasteiger charge is 2.67. The van der Waals surface area contributed by atoms with Crippen molar-refractivity contribution < 1.29 is 35.8 Å². The molecule has 2 aromatic rings. The minimum atomic E-state index is -4.30. The number of ether oxygens (including phenoxy) is 1. The number of rotatable bonds is 14. The fraction of sp³-hybridized carbons (Fsp3) is 0.659. The zero-order valence-corrected chi connectivity index (χ0v) is 39.9. The van der Waals surface area contributed by atoms with E-state index in [1.54, 1.807) is 6.92 Å². The van der Waals surface area contributed by atoms with Gasteiger partial charge in [-0.3, -0.25) is 23.5 Å². The molecule has 0 saturated carbocycles. The summed E-state index contributed by atoms with van der Waals surface area (Å²) in [6.07, 6.45) is -0.569. The maximum Gasteiger partial charge on any atom is 0.333 e. The van der Waals surface area contributed by atoms with Crippen molar-refractivity contribution in [2.24, 2.45) is 11.5 Å². The molecule has 0 aliphatic carbocycles. The Morgan fingerprint density at radius 1 is 1.03 bits per heavy atom. The third kappa shape index (κ3) is 9.62. The second kappa shape index (κ2) is 17.4. The second-order valence-corrected chi connectivity index (χ2v) is 30.4. The zero-order valence-electron chi connectivity index (χ0n) is 37.1. The van der Waals surface area contributed by atoms with Crippen LogP contribution in [-0.2, 0) is 50.4 Å². The van der Waals surface area contributed by atoms with Gasteiger partial charge in [0.15, 0.2) is 28.5 Å². The molecule has 1 aromatic carbocycles. The number of likely N-dealkylation sites (tertiary alicyclic amines) is 1. The lowest BCUT2D eigenvalue weighted by atomic mass is 9.89. The van der Waals surface area contributed by atoms with Gasteiger partial charge in [-0.15, -0.1) is 0 Å². The first-order valence-corrected chi connectivity index (χ1v) is 28.0. The lowest BCUT2D eigenvalue weighted by molar-refractivity contribution is -0.139. The van der Waals surface area contributed by atoms with E-state index in [9.17, 15) is 27.6 Å². The zero-order chi connectivity index (χ0) is 44.8. The molecule has 1 aromatic heterocycles. The predicted octanol–water partition coefficient (Wildman–Crippen LogP) is 3.59. The van der Waals surface area contributed by atoms with Crippen LogP contribution in [0.25, 0.3) is 0 Å². The van der Waals surface area contributed by atoms with Gasteiger partial charge in [0.05, 0.1) is 23.8 Å². The second-order valence-electron chi connectivity index (χ2n) is 19.4. The summed E-state index contributed by atoms with van der Waals surface area (Å²) in [7, 11) is -9.54. The van der Waals surface area contributed by atoms with Crippen molar-refractivity contribution in [3.05, 3.63) is 79.6 Å². The monoisotopic (exact) mass is 890 g/mol. The summed E-state index contributed by atoms with van der Waals surface area (Å²) >= 11 is 0. The van der Waals surface area contributed by atoms with Crippen LogP contribution in [-0.4, -0.2) is 100 Å². The van der Waals surface area contributed by atoms with E-state index in [2.05, 4.69) is 39.2 Å². The number of hydrogen-bond acceptors (Lipinski definition) is 12. The summed E-state index contributed by atoms with van der Waals surface area (Å²) in [6.45, 7) is 22.3. The van der Waals surface area contributed by atoms with Gasteiger partial charge in [-0.25, -0.2) is 8.98 Å². The van der Waals surface area contributed by atoms with Crippen LogP contribution in [0.2, 0.25) is 36.3 Å². The molecule has 5 rings (SSSR count). The smallest absolute Gasteiger partial charge is 0.333 e. The van der Waals surface area contributed by atoms with Gasteiger partial charge in [-0.05, 0) is 74.4 Å². The Balaban J connectivity index is 1.41. The molecular weight excluding hydrogens is 825 g/mol. The fourth-order valence-corrected chi connectivity index (χ4v) is 10.9. The van der Waals surface area contributed by atoms with Crippen LogP contribution in [0.3, 0.4) is 0 Å². The summed E-state index contributed by atoms with van der Waals surface area (Å²) in [5, 5.41) is 3.18. The molecule has 5 N–H and O–H groups in total. The maximum atomic E-state index is 14.5. The van der Waals surface area contributed by atoms with Gasteiger partial charge in [-0.1, -0.05) is 71.9 Å². The molecule has 334 valence electrons. The van der Waals surface area contributed by atoms with E-state index in [-0.39, 0.29) is 59.3 Å². The number of benzene rings is 1. The Kier molecular flexibility index (Phi) is 13.8. The largest absolute Gasteiger partial charge is 0.414 e. The molecule has 4 heterocycles. The van der Waals surface area contributed by atoms with E-state index >= 15 is 0 Å². The van der Waals surface area contributed by atoms with Gasteiger partial charge in [0.1, 0.15) is 18.2 Å². The molecule has 3 aliphatic heterocycles. The third-order valence-corrected chi connectivity index (χ3v) is 23.0. The SMILES string of the molecule is Cc1cn([C@@H]2O[C@H](CO[Si](C)(C)C(C)(C)C)[C@@]3(OS(=O)(=O)C=C3N)[C@H]2O[Si](C)(C)C(C)(C)C)c(=O)n(CCCNC(=O)[C@@H]2CCCN2C(=O)[C@@H](N)Cc2ccccc2)c1=O. The quantitative estimate of drug-likeness (QED) is 0.141. The van der Waals surface area contributed by atoms with Crippen molar-refractivity contribution in [2.45, 2.75) is 153 Å². The number of aromatic nitrogens is 2. The van der Waals surface area contributed by atoms with Crippen molar-refractivity contribution in [3.8, 4) is 0 Å². The summed E-state index contributed by atoms with van der Waals surface area (Å²) < 4.78 is 55.0. The highest BCUT2D eigenvalue weighted by molar-refractivity contribution is 7.90. The molecule has 19 heteroatoms. The molecule has 6 atom stereocenters. The molecule has 2 amide bonds. The summed E-state index contributed by atoms with van der Waals surface area (Å²) in [4.78, 5) is 56.3. The first-order chi connectivity index (χ1) is 27.6. The van der Waals surface area contributed by atoms with Crippen LogP contribution in [0.5, 0.6) is 0 Å². The van der Waals surface area contributed by atoms with E-state index < -0.39 is 74.1 Å². The molecular formula is C41H66N6O10SSi2. The van der Waals surface area contributed by atoms with E-state index in [1.165, 1.54) is 15.7 Å². The van der Waals surface area contributed by atoms with Crippen LogP contribution >= 0.6 is 0 Å². The normalized spacial score (nSPS) is 25.1. The molecule has 2 fully saturated rings. The van der Waals surface area contributed by atoms with Crippen molar-refractivity contribution in [3.63, 3.8) is 0 Å². The fourth-order valence-electron chi connectivity index (χ4n) is 7.39. The minimum absolute atomic E-state index is 0.0641. The average molecular weight is 891 g/mol. The van der Waals surface area contributed by atoms with Crippen LogP contribution < -0.4 is 28.0 Å². The number of aryl methyl sites for hydroxylation is 1. The molecule has 0 bridgehead atoms. The highest BCUT2D eigenvalue weighted by Crippen LogP contribution is 2.52. The van der Waals surface area contributed by atoms with Gasteiger partial charge in [0.2, 0.25) is 11.8 Å². The Labute approximate surface area is 356 Å². The standard InChI is InChI=1S/C41H66N6O10SSi2/c1-27-24-47(38(51)46(35(27)49)22-16-20-44-34(48)30-19-15-21-45(30)36(50)29(42)23-28-17-13-12-14-18-28)37-33(56-60(10,11)40(5,6)7)41(31(43)26-58(52,53)57-41)32(55-37)25-54-59(8,9)39(2,3)4/h12-14,17-18,24,26,29-30,32-33,37H,15-16,19-23,25,42-43H2,1-11H3,(H,44,48)/t29-,30-,32+,33-,37+,41+/m0/s1. The summed E-state index contributed by atoms with van der Waals surface area (Å²) in [5.74, 6) is -0.623. The third-order valence-electron chi connectivity index (χ3n) is 13.0. The first kappa shape index (κ1) is 47.6. The van der Waals surface area contributed by atoms with Crippen LogP contribution in [0.1, 0.15) is 78.2 Å². The Hall–Kier alpha value is -3.44. The van der Waals surface area contributed by atoms with Gasteiger partial charge >= 0.3 is 5.69 Å². The van der Waals surface area contributed by atoms with Gasteiger partial charge < -0.3 is 35.3 Å². The van der Waals surface area contributed by atoms with Gasteiger partial charge in [-0.2, -0.15) is 8.42 Å². The summed E-state index contributed by atoms with van der Waals surface area (Å²) in [6, 6.07) is 7.99. The predicted molar refractivity (Wildman–Crippen MR) is 234 cm³/mol. The number of hydrogen-bond donors (Lipinski definition) is 3. The van der Waals surface area contributed by atoms with E-state index in [0.29, 0.717) is 25.8 Å². The molecule has 2 saturated heterocycles. The first-order valence-electron chi connectivity index (χ1n) is 20.7. The topological polar surface area (TPSA) is 217 Å². The van der Waals surface area contributed by atoms with Crippen LogP contribution in [0.4, 0.5) is 0 Å². The van der Waals surface area contributed by atoms with Crippen LogP contribution in [0.15, 0.2) is 57.2 Å². The maximum absolute atomic E-state index is 14.5. The van der Waals surface area contributed by atoms with Crippen molar-refractivity contribution >= 4 is 38.6 Å². The van der Waals surface area contributed by atoms with Crippen molar-refractivity contribution in [1.82, 2.24) is 19.4 Å². The van der Waals surface area contributed by atoms with Gasteiger partial charge in [0.25, 0.3) is 15.7 Å². The molecule has 60 heavy (non-hydrogen) atoms. The average Bonchev–Trinajstić information content (AvgIpc) is 3.81. The number of carbonyl (C=O) groups is 2. The summed E-state index contributed by atoms with van der Waals surface area (Å²) in [5.41, 5.74) is 10.8. The van der Waals surface area contributed by atoms with Crippen molar-refractivity contribution in [2.75, 3.05) is 19.7 Å². The number of amides is 2. The lowest BCUT2D eigenvalue weighted by Crippen LogP contribution is -2.59. The molecule has 16 nitrogen and oxygen atoms in total. The Bertz CT molecular complexity index is 2180. The highest BCUT2D eigenvalue weighted by atomic mass is 32.2. The molecule has 0 unspecified atom stereocenters. The number of nitrogens with zero attached hydrogens (tertiary/aromatic N) is 3. The van der Waals surface area contributed by atoms with Crippen LogP contribution in [0, 0.1) is 6.92 Å². The van der Waals surface area contributed by atoms with E-state index in [1.807, 2.05) is 64.2 Å². The van der Waals surface area contributed by atoms with Crippen molar-refractivity contribution in [1.29, 1.82) is 0 Å². The molecule has 1 spiro atoms. The Morgan fingerprint density at radius 2 is 1.67 bits per heavy atom. The number of nitrogens with two attached hydrogens (primary N) is 2. The minimum Gasteiger partial charge on any atom is -0.414 e. The van der Waals surface area contributed by atoms with E-state index in [4.69, 9.17) is 29.2 Å². The Morgan fingerprint density at radius 3 is 2.25 bits per heavy atom. The molecule has 0 radical (unpaired) electrons. The molecule has 3 aliphatic rings. The number of carbonyl (C=O) groups excluding carboxylic acids is 2. The number of nitrogens with one attached hydrogen (secondary N) is 1. The van der Waals surface area contributed by atoms with Gasteiger partial charge in [0, 0.05) is 31.4 Å².